The van der Waals surface area contributed by atoms with E-state index in [0.29, 0.717) is 6.54 Å². The van der Waals surface area contributed by atoms with Crippen LogP contribution in [0, 0.1) is 0 Å². The van der Waals surface area contributed by atoms with Gasteiger partial charge in [-0.2, -0.15) is 0 Å². The average Bonchev–Trinajstić information content (AvgIpc) is 2.38. The number of urea groups is 1. The number of carbonyl (C=O) groups excluding carboxylic acids is 1. The largest absolute Gasteiger partial charge is 0.488 e. The molecule has 0 spiro atoms. The van der Waals surface area contributed by atoms with E-state index in [1.807, 2.05) is 37.8 Å². The van der Waals surface area contributed by atoms with Gasteiger partial charge in [0.05, 0.1) is 6.54 Å². The molecule has 0 aliphatic carbocycles. The third-order valence-electron chi connectivity index (χ3n) is 3.10. The van der Waals surface area contributed by atoms with Crippen LogP contribution in [0.3, 0.4) is 0 Å². The maximum atomic E-state index is 12.2. The van der Waals surface area contributed by atoms with Crippen LogP contribution >= 0.6 is 0 Å². The molecule has 110 valence electrons. The van der Waals surface area contributed by atoms with Crippen LogP contribution in [0.4, 0.5) is 4.79 Å². The quantitative estimate of drug-likeness (QED) is 0.903. The summed E-state index contributed by atoms with van der Waals surface area (Å²) in [7, 11) is 0. The summed E-state index contributed by atoms with van der Waals surface area (Å²) in [5.74, 6) is 0.808. The fourth-order valence-corrected chi connectivity index (χ4v) is 2.23. The lowest BCUT2D eigenvalue weighted by Gasteiger charge is -2.35. The van der Waals surface area contributed by atoms with Crippen molar-refractivity contribution in [3.8, 4) is 5.75 Å². The molecule has 1 saturated heterocycles. The van der Waals surface area contributed by atoms with Crippen molar-refractivity contribution in [1.29, 1.82) is 0 Å². The minimum absolute atomic E-state index is 0.0134. The van der Waals surface area contributed by atoms with Gasteiger partial charge < -0.3 is 15.0 Å². The van der Waals surface area contributed by atoms with Crippen LogP contribution < -0.4 is 10.1 Å². The normalized spacial score (nSPS) is 19.6. The summed E-state index contributed by atoms with van der Waals surface area (Å²) in [6.45, 7) is 7.38. The zero-order chi connectivity index (χ0) is 14.6. The van der Waals surface area contributed by atoms with Gasteiger partial charge in [0.25, 0.3) is 0 Å². The number of pyridine rings is 1. The molecule has 5 nitrogen and oxygen atoms in total. The van der Waals surface area contributed by atoms with Crippen molar-refractivity contribution in [2.24, 2.45) is 0 Å². The SMILES string of the molecule is CC(C)(C)NC(=O)N1CCCC(Oc2ccncc2)C1. The van der Waals surface area contributed by atoms with Crippen molar-refractivity contribution in [1.82, 2.24) is 15.2 Å². The van der Waals surface area contributed by atoms with Gasteiger partial charge in [-0.15, -0.1) is 0 Å². The van der Waals surface area contributed by atoms with Crippen LogP contribution in [0.25, 0.3) is 0 Å². The lowest BCUT2D eigenvalue weighted by molar-refractivity contribution is 0.0986. The Bertz CT molecular complexity index is 442. The molecule has 1 atom stereocenters. The van der Waals surface area contributed by atoms with Gasteiger partial charge in [0.2, 0.25) is 0 Å². The summed E-state index contributed by atoms with van der Waals surface area (Å²) in [6.07, 6.45) is 5.41. The summed E-state index contributed by atoms with van der Waals surface area (Å²) in [5.41, 5.74) is -0.212. The van der Waals surface area contributed by atoms with Crippen LogP contribution in [0.5, 0.6) is 5.75 Å². The Kier molecular flexibility index (Phi) is 4.47. The highest BCUT2D eigenvalue weighted by atomic mass is 16.5. The molecule has 0 radical (unpaired) electrons. The highest BCUT2D eigenvalue weighted by Crippen LogP contribution is 2.18. The molecule has 0 aromatic carbocycles. The molecule has 1 aliphatic rings. The van der Waals surface area contributed by atoms with Crippen molar-refractivity contribution in [3.05, 3.63) is 24.5 Å². The molecular formula is C15H23N3O2. The summed E-state index contributed by atoms with van der Waals surface area (Å²) in [4.78, 5) is 18.0. The maximum Gasteiger partial charge on any atom is 0.317 e. The number of nitrogens with one attached hydrogen (secondary N) is 1. The second kappa shape index (κ2) is 6.11. The van der Waals surface area contributed by atoms with Crippen LogP contribution in [0.2, 0.25) is 0 Å². The molecule has 1 unspecified atom stereocenters. The number of likely N-dealkylation sites (tertiary alicyclic amines) is 1. The molecule has 1 N–H and O–H groups in total. The topological polar surface area (TPSA) is 54.5 Å². The number of hydrogen-bond acceptors (Lipinski definition) is 3. The van der Waals surface area contributed by atoms with E-state index in [9.17, 15) is 4.79 Å². The Morgan fingerprint density at radius 2 is 2.10 bits per heavy atom. The molecule has 2 heterocycles. The van der Waals surface area contributed by atoms with E-state index >= 15 is 0 Å². The minimum Gasteiger partial charge on any atom is -0.488 e. The smallest absolute Gasteiger partial charge is 0.317 e. The molecule has 0 bridgehead atoms. The number of rotatable bonds is 2. The first kappa shape index (κ1) is 14.6. The first-order valence-electron chi connectivity index (χ1n) is 7.08. The van der Waals surface area contributed by atoms with E-state index in [-0.39, 0.29) is 17.7 Å². The number of carbonyl (C=O) groups is 1. The standard InChI is InChI=1S/C15H23N3O2/c1-15(2,3)17-14(19)18-10-4-5-13(11-18)20-12-6-8-16-9-7-12/h6-9,13H,4-5,10-11H2,1-3H3,(H,17,19). The summed E-state index contributed by atoms with van der Waals surface area (Å²) in [5, 5.41) is 2.99. The third kappa shape index (κ3) is 4.40. The van der Waals surface area contributed by atoms with Crippen molar-refractivity contribution in [2.75, 3.05) is 13.1 Å². The average molecular weight is 277 g/mol. The van der Waals surface area contributed by atoms with Crippen molar-refractivity contribution in [2.45, 2.75) is 45.3 Å². The molecule has 5 heteroatoms. The number of piperidine rings is 1. The predicted octanol–water partition coefficient (Wildman–Crippen LogP) is 2.43. The second-order valence-corrected chi connectivity index (χ2v) is 6.19. The highest BCUT2D eigenvalue weighted by Gasteiger charge is 2.26. The molecule has 2 rings (SSSR count). The van der Waals surface area contributed by atoms with E-state index in [2.05, 4.69) is 10.3 Å². The van der Waals surface area contributed by atoms with Crippen molar-refractivity contribution >= 4 is 6.03 Å². The number of nitrogens with zero attached hydrogens (tertiary/aromatic N) is 2. The summed E-state index contributed by atoms with van der Waals surface area (Å²) in [6, 6.07) is 3.67. The maximum absolute atomic E-state index is 12.2. The number of amides is 2. The Labute approximate surface area is 120 Å². The Morgan fingerprint density at radius 3 is 2.75 bits per heavy atom. The molecule has 1 aromatic heterocycles. The number of aromatic nitrogens is 1. The van der Waals surface area contributed by atoms with E-state index in [1.165, 1.54) is 0 Å². The van der Waals surface area contributed by atoms with Crippen molar-refractivity contribution < 1.29 is 9.53 Å². The summed E-state index contributed by atoms with van der Waals surface area (Å²) < 4.78 is 5.90. The van der Waals surface area contributed by atoms with Crippen molar-refractivity contribution in [3.63, 3.8) is 0 Å². The number of hydrogen-bond donors (Lipinski definition) is 1. The van der Waals surface area contributed by atoms with Gasteiger partial charge in [0.15, 0.2) is 0 Å². The lowest BCUT2D eigenvalue weighted by atomic mass is 10.1. The highest BCUT2D eigenvalue weighted by molar-refractivity contribution is 5.75. The molecule has 1 aromatic rings. The van der Waals surface area contributed by atoms with Gasteiger partial charge in [-0.05, 0) is 45.7 Å². The fourth-order valence-electron chi connectivity index (χ4n) is 2.23. The second-order valence-electron chi connectivity index (χ2n) is 6.19. The Hall–Kier alpha value is -1.78. The molecule has 1 fully saturated rings. The zero-order valence-corrected chi connectivity index (χ0v) is 12.4. The van der Waals surface area contributed by atoms with Gasteiger partial charge in [0.1, 0.15) is 11.9 Å². The summed E-state index contributed by atoms with van der Waals surface area (Å²) >= 11 is 0. The molecular weight excluding hydrogens is 254 g/mol. The molecule has 0 saturated carbocycles. The van der Waals surface area contributed by atoms with Crippen LogP contribution in [0.1, 0.15) is 33.6 Å². The van der Waals surface area contributed by atoms with E-state index in [4.69, 9.17) is 4.74 Å². The lowest BCUT2D eigenvalue weighted by Crippen LogP contribution is -2.53. The first-order chi connectivity index (χ1) is 9.44. The molecule has 1 aliphatic heterocycles. The van der Waals surface area contributed by atoms with Crippen LogP contribution in [-0.2, 0) is 0 Å². The van der Waals surface area contributed by atoms with Crippen LogP contribution in [-0.4, -0.2) is 40.6 Å². The minimum atomic E-state index is -0.212. The molecule has 20 heavy (non-hydrogen) atoms. The Morgan fingerprint density at radius 1 is 1.40 bits per heavy atom. The fraction of sp³-hybridized carbons (Fsp3) is 0.600. The third-order valence-corrected chi connectivity index (χ3v) is 3.10. The predicted molar refractivity (Wildman–Crippen MR) is 77.7 cm³/mol. The van der Waals surface area contributed by atoms with E-state index in [0.717, 1.165) is 25.1 Å². The zero-order valence-electron chi connectivity index (χ0n) is 12.4. The van der Waals surface area contributed by atoms with Gasteiger partial charge in [-0.1, -0.05) is 0 Å². The van der Waals surface area contributed by atoms with Gasteiger partial charge >= 0.3 is 6.03 Å². The van der Waals surface area contributed by atoms with Gasteiger partial charge in [0, 0.05) is 24.5 Å². The first-order valence-corrected chi connectivity index (χ1v) is 7.08. The van der Waals surface area contributed by atoms with Gasteiger partial charge in [-0.3, -0.25) is 4.98 Å². The monoisotopic (exact) mass is 277 g/mol. The van der Waals surface area contributed by atoms with Crippen LogP contribution in [0.15, 0.2) is 24.5 Å². The number of ether oxygens (including phenoxy) is 1. The van der Waals surface area contributed by atoms with E-state index < -0.39 is 0 Å². The Balaban J connectivity index is 1.90. The van der Waals surface area contributed by atoms with E-state index in [1.54, 1.807) is 12.4 Å². The van der Waals surface area contributed by atoms with Gasteiger partial charge in [-0.25, -0.2) is 4.79 Å². The molecule has 2 amide bonds.